The first-order valence-electron chi connectivity index (χ1n) is 4.93. The predicted molar refractivity (Wildman–Crippen MR) is 74.6 cm³/mol. The van der Waals surface area contributed by atoms with Gasteiger partial charge < -0.3 is 5.32 Å². The van der Waals surface area contributed by atoms with Crippen molar-refractivity contribution in [3.8, 4) is 0 Å². The minimum Gasteiger partial charge on any atom is -0.347 e. The van der Waals surface area contributed by atoms with E-state index in [1.165, 1.54) is 11.3 Å². The second-order valence-electron chi connectivity index (χ2n) is 3.42. The second-order valence-corrected chi connectivity index (χ2v) is 6.32. The molecule has 0 saturated heterocycles. The molecule has 0 spiro atoms. The van der Waals surface area contributed by atoms with E-state index < -0.39 is 0 Å². The van der Waals surface area contributed by atoms with E-state index in [9.17, 15) is 4.79 Å². The highest BCUT2D eigenvalue weighted by Crippen LogP contribution is 2.21. The Morgan fingerprint density at radius 1 is 1.35 bits per heavy atom. The molecule has 1 aromatic heterocycles. The third kappa shape index (κ3) is 3.56. The Morgan fingerprint density at radius 2 is 2.18 bits per heavy atom. The molecule has 0 aliphatic carbocycles. The van der Waals surface area contributed by atoms with Crippen LogP contribution in [0.25, 0.3) is 0 Å². The van der Waals surface area contributed by atoms with Crippen molar-refractivity contribution in [2.45, 2.75) is 6.54 Å². The van der Waals surface area contributed by atoms with Crippen LogP contribution in [0.15, 0.2) is 40.2 Å². The molecule has 0 unspecified atom stereocenters. The molecule has 0 saturated carbocycles. The van der Waals surface area contributed by atoms with Gasteiger partial charge in [0.1, 0.15) is 0 Å². The Labute approximate surface area is 117 Å². The molecule has 0 radical (unpaired) electrons. The first-order chi connectivity index (χ1) is 8.15. The van der Waals surface area contributed by atoms with Gasteiger partial charge in [-0.25, -0.2) is 0 Å². The van der Waals surface area contributed by atoms with E-state index >= 15 is 0 Å². The number of hydrogen-bond acceptors (Lipinski definition) is 2. The van der Waals surface area contributed by atoms with Crippen LogP contribution >= 0.6 is 38.9 Å². The molecule has 1 amide bonds. The van der Waals surface area contributed by atoms with Gasteiger partial charge in [-0.1, -0.05) is 23.7 Å². The lowest BCUT2D eigenvalue weighted by atomic mass is 10.2. The molecule has 0 aliphatic heterocycles. The maximum absolute atomic E-state index is 11.8. The van der Waals surface area contributed by atoms with E-state index in [0.29, 0.717) is 16.4 Å². The number of rotatable bonds is 3. The molecular weight excluding hydrogens is 322 g/mol. The van der Waals surface area contributed by atoms with Crippen molar-refractivity contribution in [1.82, 2.24) is 5.32 Å². The Morgan fingerprint density at radius 3 is 2.82 bits per heavy atom. The van der Waals surface area contributed by atoms with Gasteiger partial charge >= 0.3 is 0 Å². The van der Waals surface area contributed by atoms with Gasteiger partial charge in [0.15, 0.2) is 0 Å². The Hall–Kier alpha value is -0.840. The molecule has 0 fully saturated rings. The fourth-order valence-electron chi connectivity index (χ4n) is 1.35. The summed E-state index contributed by atoms with van der Waals surface area (Å²) in [5, 5.41) is 3.52. The average Bonchev–Trinajstić information content (AvgIpc) is 2.73. The highest BCUT2D eigenvalue weighted by Gasteiger charge is 2.07. The van der Waals surface area contributed by atoms with E-state index in [1.54, 1.807) is 6.07 Å². The maximum atomic E-state index is 11.8. The zero-order valence-corrected chi connectivity index (χ0v) is 11.9. The molecule has 2 nitrogen and oxygen atoms in total. The van der Waals surface area contributed by atoms with E-state index in [1.807, 2.05) is 30.3 Å². The number of hydrogen-bond donors (Lipinski definition) is 1. The molecule has 1 N–H and O–H groups in total. The zero-order chi connectivity index (χ0) is 12.3. The van der Waals surface area contributed by atoms with E-state index in [-0.39, 0.29) is 5.91 Å². The first kappa shape index (κ1) is 12.6. The Kier molecular flexibility index (Phi) is 4.20. The standard InChI is InChI=1S/C12H9BrClNOS/c13-11-5-4-10(17-11)12(16)15-7-8-2-1-3-9(14)6-8/h1-6H,7H2,(H,15,16). The summed E-state index contributed by atoms with van der Waals surface area (Å²) in [5.74, 6) is -0.0688. The SMILES string of the molecule is O=C(NCc1cccc(Cl)c1)c1ccc(Br)s1. The number of amides is 1. The molecule has 5 heteroatoms. The lowest BCUT2D eigenvalue weighted by molar-refractivity contribution is 0.0955. The van der Waals surface area contributed by atoms with Crippen LogP contribution in [0.1, 0.15) is 15.2 Å². The molecular formula is C12H9BrClNOS. The topological polar surface area (TPSA) is 29.1 Å². The van der Waals surface area contributed by atoms with Gasteiger partial charge in [-0.05, 0) is 45.8 Å². The number of nitrogens with one attached hydrogen (secondary N) is 1. The third-order valence-corrected chi connectivity index (χ3v) is 4.00. The number of thiophene rings is 1. The highest BCUT2D eigenvalue weighted by atomic mass is 79.9. The van der Waals surface area contributed by atoms with E-state index in [2.05, 4.69) is 21.2 Å². The summed E-state index contributed by atoms with van der Waals surface area (Å²) in [5.41, 5.74) is 0.987. The molecule has 2 aromatic rings. The number of benzene rings is 1. The van der Waals surface area contributed by atoms with Crippen LogP contribution < -0.4 is 5.32 Å². The van der Waals surface area contributed by atoms with Gasteiger partial charge in [0.05, 0.1) is 8.66 Å². The fraction of sp³-hybridized carbons (Fsp3) is 0.0833. The average molecular weight is 331 g/mol. The normalized spacial score (nSPS) is 10.2. The van der Waals surface area contributed by atoms with Crippen molar-refractivity contribution < 1.29 is 4.79 Å². The van der Waals surface area contributed by atoms with Crippen molar-refractivity contribution in [3.05, 3.63) is 55.6 Å². The molecule has 0 bridgehead atoms. The minimum absolute atomic E-state index is 0.0688. The summed E-state index contributed by atoms with van der Waals surface area (Å²) in [4.78, 5) is 12.5. The van der Waals surface area contributed by atoms with Gasteiger partial charge in [0.2, 0.25) is 0 Å². The summed E-state index contributed by atoms with van der Waals surface area (Å²) in [7, 11) is 0. The molecule has 2 rings (SSSR count). The van der Waals surface area contributed by atoms with Gasteiger partial charge in [-0.3, -0.25) is 4.79 Å². The lowest BCUT2D eigenvalue weighted by Crippen LogP contribution is -2.21. The van der Waals surface area contributed by atoms with Crippen LogP contribution in [0.4, 0.5) is 0 Å². The Bertz CT molecular complexity index is 541. The van der Waals surface area contributed by atoms with Crippen molar-refractivity contribution in [2.75, 3.05) is 0 Å². The summed E-state index contributed by atoms with van der Waals surface area (Å²) in [6.45, 7) is 0.481. The summed E-state index contributed by atoms with van der Waals surface area (Å²) in [6, 6.07) is 11.1. The smallest absolute Gasteiger partial charge is 0.261 e. The number of halogens is 2. The first-order valence-corrected chi connectivity index (χ1v) is 6.92. The number of carbonyl (C=O) groups is 1. The zero-order valence-electron chi connectivity index (χ0n) is 8.74. The summed E-state index contributed by atoms with van der Waals surface area (Å²) in [6.07, 6.45) is 0. The van der Waals surface area contributed by atoms with Gasteiger partial charge in [0, 0.05) is 11.6 Å². The monoisotopic (exact) mass is 329 g/mol. The molecule has 1 heterocycles. The Balaban J connectivity index is 1.97. The number of carbonyl (C=O) groups excluding carboxylic acids is 1. The third-order valence-electron chi connectivity index (χ3n) is 2.14. The molecule has 17 heavy (non-hydrogen) atoms. The van der Waals surface area contributed by atoms with Crippen molar-refractivity contribution in [1.29, 1.82) is 0 Å². The van der Waals surface area contributed by atoms with Gasteiger partial charge in [-0.15, -0.1) is 11.3 Å². The predicted octanol–water partition coefficient (Wildman–Crippen LogP) is 4.09. The minimum atomic E-state index is -0.0688. The van der Waals surface area contributed by atoms with Crippen molar-refractivity contribution in [3.63, 3.8) is 0 Å². The van der Waals surface area contributed by atoms with Crippen LogP contribution in [0.2, 0.25) is 5.02 Å². The van der Waals surface area contributed by atoms with Crippen LogP contribution in [-0.4, -0.2) is 5.91 Å². The molecule has 1 aromatic carbocycles. The molecule has 88 valence electrons. The van der Waals surface area contributed by atoms with E-state index in [4.69, 9.17) is 11.6 Å². The lowest BCUT2D eigenvalue weighted by Gasteiger charge is -2.03. The van der Waals surface area contributed by atoms with Crippen LogP contribution in [-0.2, 0) is 6.54 Å². The highest BCUT2D eigenvalue weighted by molar-refractivity contribution is 9.11. The summed E-state index contributed by atoms with van der Waals surface area (Å²) >= 11 is 10.6. The van der Waals surface area contributed by atoms with Crippen LogP contribution in [0, 0.1) is 0 Å². The van der Waals surface area contributed by atoms with Gasteiger partial charge in [0.25, 0.3) is 5.91 Å². The van der Waals surface area contributed by atoms with Crippen LogP contribution in [0.3, 0.4) is 0 Å². The largest absolute Gasteiger partial charge is 0.347 e. The van der Waals surface area contributed by atoms with Crippen molar-refractivity contribution >= 4 is 44.8 Å². The summed E-state index contributed by atoms with van der Waals surface area (Å²) < 4.78 is 0.949. The fourth-order valence-corrected chi connectivity index (χ4v) is 2.87. The van der Waals surface area contributed by atoms with Crippen molar-refractivity contribution in [2.24, 2.45) is 0 Å². The van der Waals surface area contributed by atoms with Gasteiger partial charge in [-0.2, -0.15) is 0 Å². The quantitative estimate of drug-likeness (QED) is 0.902. The second kappa shape index (κ2) is 5.67. The molecule has 0 atom stereocenters. The van der Waals surface area contributed by atoms with Crippen LogP contribution in [0.5, 0.6) is 0 Å². The van der Waals surface area contributed by atoms with E-state index in [0.717, 1.165) is 9.35 Å². The molecule has 0 aliphatic rings. The maximum Gasteiger partial charge on any atom is 0.261 e.